The zero-order valence-electron chi connectivity index (χ0n) is 14.8. The molecule has 0 amide bonds. The van der Waals surface area contributed by atoms with Gasteiger partial charge >= 0.3 is 7.12 Å². The predicted molar refractivity (Wildman–Crippen MR) is 97.9 cm³/mol. The summed E-state index contributed by atoms with van der Waals surface area (Å²) < 4.78 is 32.0. The minimum atomic E-state index is -0.734. The Morgan fingerprint density at radius 3 is 2.28 bits per heavy atom. The monoisotopic (exact) mass is 362 g/mol. The molecule has 0 aromatic heterocycles. The molecule has 132 valence electrons. The lowest BCUT2D eigenvalue weighted by Crippen LogP contribution is -2.41. The topological polar surface area (TPSA) is 27.7 Å². The molecule has 0 unspecified atom stereocenters. The maximum absolute atomic E-state index is 14.5. The first-order chi connectivity index (χ1) is 11.7. The third-order valence-corrected chi connectivity index (χ3v) is 5.20. The van der Waals surface area contributed by atoms with Gasteiger partial charge in [-0.2, -0.15) is 0 Å². The van der Waals surface area contributed by atoms with Gasteiger partial charge in [0.1, 0.15) is 18.2 Å². The van der Waals surface area contributed by atoms with Gasteiger partial charge in [-0.3, -0.25) is 0 Å². The van der Waals surface area contributed by atoms with Crippen LogP contribution in [0.15, 0.2) is 42.5 Å². The highest BCUT2D eigenvalue weighted by Crippen LogP contribution is 2.36. The lowest BCUT2D eigenvalue weighted by atomic mass is 9.78. The number of hydrogen-bond donors (Lipinski definition) is 0. The Morgan fingerprint density at radius 1 is 1.04 bits per heavy atom. The first kappa shape index (κ1) is 18.2. The van der Waals surface area contributed by atoms with E-state index in [-0.39, 0.29) is 6.61 Å². The second-order valence-electron chi connectivity index (χ2n) is 7.15. The predicted octanol–water partition coefficient (Wildman–Crippen LogP) is 4.36. The molecule has 0 atom stereocenters. The van der Waals surface area contributed by atoms with Crippen LogP contribution in [0.5, 0.6) is 5.75 Å². The number of hydrogen-bond acceptors (Lipinski definition) is 3. The smallest absolute Gasteiger partial charge is 0.489 e. The van der Waals surface area contributed by atoms with Crippen LogP contribution >= 0.6 is 11.6 Å². The van der Waals surface area contributed by atoms with Gasteiger partial charge in [-0.05, 0) is 39.8 Å². The van der Waals surface area contributed by atoms with Crippen molar-refractivity contribution in [2.24, 2.45) is 0 Å². The quantitative estimate of drug-likeness (QED) is 0.757. The van der Waals surface area contributed by atoms with Crippen molar-refractivity contribution >= 4 is 24.2 Å². The van der Waals surface area contributed by atoms with Crippen molar-refractivity contribution in [1.82, 2.24) is 0 Å². The van der Waals surface area contributed by atoms with Crippen molar-refractivity contribution in [3.05, 3.63) is 58.9 Å². The van der Waals surface area contributed by atoms with E-state index in [1.165, 1.54) is 6.07 Å². The Hall–Kier alpha value is -1.56. The second-order valence-corrected chi connectivity index (χ2v) is 7.56. The van der Waals surface area contributed by atoms with E-state index in [9.17, 15) is 4.39 Å². The molecule has 1 aliphatic rings. The fourth-order valence-corrected chi connectivity index (χ4v) is 2.73. The van der Waals surface area contributed by atoms with Crippen molar-refractivity contribution in [3.8, 4) is 5.75 Å². The van der Waals surface area contributed by atoms with E-state index in [0.717, 1.165) is 5.56 Å². The molecule has 0 N–H and O–H groups in total. The average molecular weight is 363 g/mol. The Balaban J connectivity index is 1.73. The molecule has 1 heterocycles. The molecule has 0 radical (unpaired) electrons. The normalized spacial score (nSPS) is 18.4. The summed E-state index contributed by atoms with van der Waals surface area (Å²) in [5.74, 6) is 0.00726. The number of rotatable bonds is 4. The van der Waals surface area contributed by atoms with Crippen LogP contribution in [0.1, 0.15) is 33.3 Å². The van der Waals surface area contributed by atoms with Gasteiger partial charge in [-0.25, -0.2) is 4.39 Å². The molecule has 0 bridgehead atoms. The van der Waals surface area contributed by atoms with E-state index in [2.05, 4.69) is 0 Å². The third kappa shape index (κ3) is 3.69. The summed E-state index contributed by atoms with van der Waals surface area (Å²) in [6.45, 7) is 8.02. The Labute approximate surface area is 153 Å². The van der Waals surface area contributed by atoms with Crippen molar-refractivity contribution < 1.29 is 18.4 Å². The maximum Gasteiger partial charge on any atom is 0.497 e. The van der Waals surface area contributed by atoms with Gasteiger partial charge in [0, 0.05) is 22.1 Å². The van der Waals surface area contributed by atoms with Crippen LogP contribution in [0.4, 0.5) is 4.39 Å². The molecule has 0 saturated carbocycles. The third-order valence-electron chi connectivity index (χ3n) is 4.83. The van der Waals surface area contributed by atoms with Crippen LogP contribution in [0.2, 0.25) is 5.02 Å². The first-order valence-electron chi connectivity index (χ1n) is 8.21. The Morgan fingerprint density at radius 2 is 1.68 bits per heavy atom. The zero-order chi connectivity index (χ0) is 18.2. The molecule has 0 aliphatic carbocycles. The van der Waals surface area contributed by atoms with Gasteiger partial charge < -0.3 is 14.0 Å². The molecule has 25 heavy (non-hydrogen) atoms. The molecule has 3 rings (SSSR count). The van der Waals surface area contributed by atoms with Crippen molar-refractivity contribution in [1.29, 1.82) is 0 Å². The highest BCUT2D eigenvalue weighted by molar-refractivity contribution is 6.62. The van der Waals surface area contributed by atoms with E-state index in [1.54, 1.807) is 18.2 Å². The van der Waals surface area contributed by atoms with Crippen molar-refractivity contribution in [3.63, 3.8) is 0 Å². The summed E-state index contributed by atoms with van der Waals surface area (Å²) in [4.78, 5) is 0. The summed E-state index contributed by atoms with van der Waals surface area (Å²) in [6, 6.07) is 12.1. The minimum absolute atomic E-state index is 0.273. The SMILES string of the molecule is CC1(C)OB(c2ccc(OCc3ccccc3Cl)cc2F)OC1(C)C. The van der Waals surface area contributed by atoms with Gasteiger partial charge in [-0.1, -0.05) is 35.9 Å². The highest BCUT2D eigenvalue weighted by atomic mass is 35.5. The van der Waals surface area contributed by atoms with Crippen LogP contribution in [0.25, 0.3) is 0 Å². The lowest BCUT2D eigenvalue weighted by Gasteiger charge is -2.32. The van der Waals surface area contributed by atoms with Gasteiger partial charge in [0.25, 0.3) is 0 Å². The molecular formula is C19H21BClFO3. The van der Waals surface area contributed by atoms with E-state index >= 15 is 0 Å². The van der Waals surface area contributed by atoms with Crippen LogP contribution in [0, 0.1) is 5.82 Å². The second kappa shape index (κ2) is 6.63. The van der Waals surface area contributed by atoms with E-state index in [1.807, 2.05) is 45.9 Å². The van der Waals surface area contributed by atoms with Crippen molar-refractivity contribution in [2.45, 2.75) is 45.5 Å². The maximum atomic E-state index is 14.5. The van der Waals surface area contributed by atoms with Gasteiger partial charge in [0.05, 0.1) is 11.2 Å². The van der Waals surface area contributed by atoms with E-state index in [4.69, 9.17) is 25.6 Å². The number of halogens is 2. The summed E-state index contributed by atoms with van der Waals surface area (Å²) >= 11 is 6.10. The lowest BCUT2D eigenvalue weighted by molar-refractivity contribution is 0.00578. The van der Waals surface area contributed by atoms with Crippen LogP contribution in [-0.2, 0) is 15.9 Å². The molecule has 2 aromatic rings. The molecule has 6 heteroatoms. The summed E-state index contributed by atoms with van der Waals surface area (Å²) in [6.07, 6.45) is 0. The molecule has 3 nitrogen and oxygen atoms in total. The van der Waals surface area contributed by atoms with Gasteiger partial charge in [-0.15, -0.1) is 0 Å². The van der Waals surface area contributed by atoms with Gasteiger partial charge in [0.2, 0.25) is 0 Å². The van der Waals surface area contributed by atoms with Gasteiger partial charge in [0.15, 0.2) is 0 Å². The van der Waals surface area contributed by atoms with Crippen LogP contribution in [-0.4, -0.2) is 18.3 Å². The molecule has 1 saturated heterocycles. The highest BCUT2D eigenvalue weighted by Gasteiger charge is 2.52. The Bertz CT molecular complexity index is 763. The van der Waals surface area contributed by atoms with E-state index in [0.29, 0.717) is 16.2 Å². The summed E-state index contributed by atoms with van der Waals surface area (Å²) in [5, 5.41) is 0.622. The average Bonchev–Trinajstić information content (AvgIpc) is 2.74. The summed E-state index contributed by atoms with van der Waals surface area (Å²) in [5.41, 5.74) is 0.190. The molecule has 2 aromatic carbocycles. The summed E-state index contributed by atoms with van der Waals surface area (Å²) in [7, 11) is -0.734. The van der Waals surface area contributed by atoms with E-state index < -0.39 is 24.1 Å². The molecular weight excluding hydrogens is 341 g/mol. The standard InChI is InChI=1S/C19H21BClFO3/c1-18(2)19(3,4)25-20(24-18)15-10-9-14(11-17(15)22)23-12-13-7-5-6-8-16(13)21/h5-11H,12H2,1-4H3. The Kier molecular flexibility index (Phi) is 4.84. The zero-order valence-corrected chi connectivity index (χ0v) is 15.6. The first-order valence-corrected chi connectivity index (χ1v) is 8.59. The van der Waals surface area contributed by atoms with Crippen LogP contribution < -0.4 is 10.2 Å². The number of ether oxygens (including phenoxy) is 1. The number of benzene rings is 2. The van der Waals surface area contributed by atoms with Crippen LogP contribution in [0.3, 0.4) is 0 Å². The fraction of sp³-hybridized carbons (Fsp3) is 0.368. The largest absolute Gasteiger partial charge is 0.497 e. The minimum Gasteiger partial charge on any atom is -0.489 e. The molecule has 1 fully saturated rings. The molecule has 0 spiro atoms. The van der Waals surface area contributed by atoms with Crippen molar-refractivity contribution in [2.75, 3.05) is 0 Å². The molecule has 1 aliphatic heterocycles. The fourth-order valence-electron chi connectivity index (χ4n) is 2.54.